The maximum Gasteiger partial charge on any atom is 0.337 e. The maximum atomic E-state index is 11.6. The lowest BCUT2D eigenvalue weighted by molar-refractivity contribution is 0.0592. The van der Waals surface area contributed by atoms with E-state index in [0.717, 1.165) is 5.46 Å². The van der Waals surface area contributed by atoms with Crippen molar-refractivity contribution in [3.8, 4) is 17.0 Å². The molecule has 0 aliphatic heterocycles. The molecular formula is C22H24BN3O5. The third kappa shape index (κ3) is 6.23. The van der Waals surface area contributed by atoms with Crippen molar-refractivity contribution in [2.45, 2.75) is 0 Å². The third-order valence-electron chi connectivity index (χ3n) is 4.16. The summed E-state index contributed by atoms with van der Waals surface area (Å²) < 4.78 is 14.5. The number of hydrogen-bond acceptors (Lipinski definition) is 8. The molecule has 0 bridgehead atoms. The van der Waals surface area contributed by atoms with Crippen molar-refractivity contribution < 1.29 is 23.8 Å². The summed E-state index contributed by atoms with van der Waals surface area (Å²) in [6, 6.07) is 13.7. The molecule has 1 aromatic heterocycles. The molecule has 8 nitrogen and oxygen atoms in total. The molecule has 160 valence electrons. The molecule has 3 rings (SSSR count). The molecule has 0 aliphatic rings. The minimum Gasteiger partial charge on any atom is -0.494 e. The van der Waals surface area contributed by atoms with Gasteiger partial charge in [0, 0.05) is 23.1 Å². The van der Waals surface area contributed by atoms with Crippen molar-refractivity contribution in [3.05, 3.63) is 65.9 Å². The number of rotatable bonds is 4. The van der Waals surface area contributed by atoms with Crippen LogP contribution in [0.25, 0.3) is 11.3 Å². The molecule has 0 unspecified atom stereocenters. The summed E-state index contributed by atoms with van der Waals surface area (Å²) in [6.45, 7) is 0. The number of nitrogens with zero attached hydrogens (tertiary/aromatic N) is 1. The predicted molar refractivity (Wildman–Crippen MR) is 122 cm³/mol. The van der Waals surface area contributed by atoms with Crippen LogP contribution in [0.4, 0.5) is 11.4 Å². The van der Waals surface area contributed by atoms with E-state index in [1.54, 1.807) is 61.8 Å². The second-order valence-corrected chi connectivity index (χ2v) is 6.51. The largest absolute Gasteiger partial charge is 0.494 e. The van der Waals surface area contributed by atoms with Crippen molar-refractivity contribution in [2.24, 2.45) is 0 Å². The van der Waals surface area contributed by atoms with Gasteiger partial charge in [0.15, 0.2) is 0 Å². The molecule has 0 aliphatic carbocycles. The van der Waals surface area contributed by atoms with Crippen LogP contribution < -0.4 is 21.7 Å². The minimum atomic E-state index is -0.441. The van der Waals surface area contributed by atoms with Crippen LogP contribution in [0.15, 0.2) is 54.7 Å². The van der Waals surface area contributed by atoms with Gasteiger partial charge >= 0.3 is 11.9 Å². The molecule has 4 N–H and O–H groups in total. The highest BCUT2D eigenvalue weighted by Crippen LogP contribution is 2.29. The lowest BCUT2D eigenvalue weighted by Crippen LogP contribution is -2.10. The van der Waals surface area contributed by atoms with Crippen LogP contribution in [0.5, 0.6) is 5.75 Å². The summed E-state index contributed by atoms with van der Waals surface area (Å²) in [7, 11) is 6.12. The topological polar surface area (TPSA) is 127 Å². The van der Waals surface area contributed by atoms with Crippen molar-refractivity contribution in [2.75, 3.05) is 32.8 Å². The van der Waals surface area contributed by atoms with Gasteiger partial charge in [0.25, 0.3) is 0 Å². The van der Waals surface area contributed by atoms with Gasteiger partial charge in [0.05, 0.1) is 32.5 Å². The fourth-order valence-corrected chi connectivity index (χ4v) is 2.84. The molecular weight excluding hydrogens is 397 g/mol. The van der Waals surface area contributed by atoms with Gasteiger partial charge in [-0.1, -0.05) is 11.5 Å². The molecule has 0 saturated heterocycles. The summed E-state index contributed by atoms with van der Waals surface area (Å²) in [5.74, 6) is -0.183. The van der Waals surface area contributed by atoms with E-state index in [4.69, 9.17) is 20.9 Å². The Morgan fingerprint density at radius 3 is 2.00 bits per heavy atom. The number of esters is 2. The fraction of sp³-hybridized carbons (Fsp3) is 0.136. The highest BCUT2D eigenvalue weighted by atomic mass is 16.5. The fourth-order valence-electron chi connectivity index (χ4n) is 2.84. The molecule has 0 fully saturated rings. The van der Waals surface area contributed by atoms with Crippen LogP contribution in [-0.4, -0.2) is 46.1 Å². The lowest BCUT2D eigenvalue weighted by atomic mass is 9.94. The normalized spacial score (nSPS) is 9.77. The SMILES string of the molecule is Bc1cc(N)cc(C(=O)OC)c1.COC(=O)c1cc(N)cc(-c2ncccc2OC)c1. The zero-order valence-electron chi connectivity index (χ0n) is 17.8. The van der Waals surface area contributed by atoms with Gasteiger partial charge in [-0.15, -0.1) is 0 Å². The number of carbonyl (C=O) groups is 2. The number of nitrogen functional groups attached to an aromatic ring is 2. The Bertz CT molecular complexity index is 1070. The van der Waals surface area contributed by atoms with Crippen molar-refractivity contribution in [1.29, 1.82) is 0 Å². The summed E-state index contributed by atoms with van der Waals surface area (Å²) >= 11 is 0. The maximum absolute atomic E-state index is 11.6. The number of anilines is 2. The van der Waals surface area contributed by atoms with Crippen LogP contribution in [0.2, 0.25) is 0 Å². The van der Waals surface area contributed by atoms with Gasteiger partial charge in [0.2, 0.25) is 0 Å². The van der Waals surface area contributed by atoms with Crippen LogP contribution in [0, 0.1) is 0 Å². The quantitative estimate of drug-likeness (QED) is 0.368. The number of methoxy groups -OCH3 is 3. The van der Waals surface area contributed by atoms with Gasteiger partial charge < -0.3 is 25.7 Å². The Labute approximate surface area is 181 Å². The Morgan fingerprint density at radius 2 is 1.45 bits per heavy atom. The second kappa shape index (κ2) is 10.7. The molecule has 0 radical (unpaired) electrons. The van der Waals surface area contributed by atoms with E-state index in [2.05, 4.69) is 9.72 Å². The molecule has 1 heterocycles. The summed E-state index contributed by atoms with van der Waals surface area (Å²) in [5, 5.41) is 0. The second-order valence-electron chi connectivity index (χ2n) is 6.51. The predicted octanol–water partition coefficient (Wildman–Crippen LogP) is 1.44. The van der Waals surface area contributed by atoms with Crippen LogP contribution >= 0.6 is 0 Å². The number of carbonyl (C=O) groups excluding carboxylic acids is 2. The number of benzene rings is 2. The highest BCUT2D eigenvalue weighted by molar-refractivity contribution is 6.33. The lowest BCUT2D eigenvalue weighted by Gasteiger charge is -2.09. The molecule has 0 saturated carbocycles. The average molecular weight is 421 g/mol. The van der Waals surface area contributed by atoms with Crippen LogP contribution in [-0.2, 0) is 9.47 Å². The zero-order valence-corrected chi connectivity index (χ0v) is 17.8. The van der Waals surface area contributed by atoms with Gasteiger partial charge in [0.1, 0.15) is 19.3 Å². The Balaban J connectivity index is 0.000000245. The van der Waals surface area contributed by atoms with Gasteiger partial charge in [-0.2, -0.15) is 0 Å². The molecule has 2 aromatic carbocycles. The summed E-state index contributed by atoms with van der Waals surface area (Å²) in [6.07, 6.45) is 1.65. The van der Waals surface area contributed by atoms with Crippen molar-refractivity contribution in [3.63, 3.8) is 0 Å². The van der Waals surface area contributed by atoms with E-state index in [1.165, 1.54) is 14.2 Å². The third-order valence-corrected chi connectivity index (χ3v) is 4.16. The van der Waals surface area contributed by atoms with Crippen molar-refractivity contribution >= 4 is 36.6 Å². The van der Waals surface area contributed by atoms with E-state index in [0.29, 0.717) is 39.5 Å². The first-order chi connectivity index (χ1) is 14.8. The minimum absolute atomic E-state index is 0.356. The smallest absolute Gasteiger partial charge is 0.337 e. The zero-order chi connectivity index (χ0) is 23.0. The molecule has 31 heavy (non-hydrogen) atoms. The number of hydrogen-bond donors (Lipinski definition) is 2. The van der Waals surface area contributed by atoms with Gasteiger partial charge in [-0.05, 0) is 42.5 Å². The molecule has 0 spiro atoms. The first kappa shape index (κ1) is 23.3. The van der Waals surface area contributed by atoms with Crippen LogP contribution in [0.1, 0.15) is 20.7 Å². The monoisotopic (exact) mass is 421 g/mol. The van der Waals surface area contributed by atoms with Gasteiger partial charge in [-0.3, -0.25) is 4.98 Å². The Kier molecular flexibility index (Phi) is 8.02. The van der Waals surface area contributed by atoms with Gasteiger partial charge in [-0.25, -0.2) is 9.59 Å². The standard InChI is InChI=1S/C14H14N2O3.C8H10BNO2/c1-18-12-4-3-5-16-13(12)9-6-10(14(17)19-2)8-11(15)7-9;1-12-8(11)5-2-6(9)4-7(10)3-5/h3-8H,15H2,1-2H3;2-4H,9-10H2,1H3. The summed E-state index contributed by atoms with van der Waals surface area (Å²) in [4.78, 5) is 26.9. The Hall–Kier alpha value is -4.01. The van der Waals surface area contributed by atoms with E-state index in [9.17, 15) is 9.59 Å². The van der Waals surface area contributed by atoms with E-state index >= 15 is 0 Å². The highest BCUT2D eigenvalue weighted by Gasteiger charge is 2.12. The summed E-state index contributed by atoms with van der Waals surface area (Å²) in [5.41, 5.74) is 15.6. The number of pyridine rings is 1. The van der Waals surface area contributed by atoms with E-state index in [1.807, 2.05) is 7.85 Å². The first-order valence-corrected chi connectivity index (χ1v) is 9.22. The van der Waals surface area contributed by atoms with E-state index < -0.39 is 5.97 Å². The molecule has 9 heteroatoms. The number of aromatic nitrogens is 1. The average Bonchev–Trinajstić information content (AvgIpc) is 2.77. The Morgan fingerprint density at radius 1 is 0.871 bits per heavy atom. The van der Waals surface area contributed by atoms with Crippen LogP contribution in [0.3, 0.4) is 0 Å². The molecule has 3 aromatic rings. The van der Waals surface area contributed by atoms with Crippen molar-refractivity contribution in [1.82, 2.24) is 4.98 Å². The molecule has 0 atom stereocenters. The molecule has 0 amide bonds. The van der Waals surface area contributed by atoms with E-state index in [-0.39, 0.29) is 5.97 Å². The number of nitrogens with two attached hydrogens (primary N) is 2. The first-order valence-electron chi connectivity index (χ1n) is 9.22. The number of ether oxygens (including phenoxy) is 3.